The van der Waals surface area contributed by atoms with Gasteiger partial charge in [-0.15, -0.1) is 0 Å². The number of hydrogen-bond donors (Lipinski definition) is 2. The summed E-state index contributed by atoms with van der Waals surface area (Å²) in [5.41, 5.74) is 2.04. The topological polar surface area (TPSA) is 96.3 Å². The molecule has 7 heteroatoms. The first-order valence-corrected chi connectivity index (χ1v) is 10.2. The van der Waals surface area contributed by atoms with Crippen LogP contribution in [0.5, 0.6) is 11.5 Å². The predicted molar refractivity (Wildman–Crippen MR) is 116 cm³/mol. The molecule has 2 aromatic carbocycles. The van der Waals surface area contributed by atoms with Gasteiger partial charge in [0.25, 0.3) is 11.7 Å². The molecule has 1 saturated heterocycles. The summed E-state index contributed by atoms with van der Waals surface area (Å²) in [6.45, 7) is 4.76. The number of aliphatic hydroxyl groups excluding tert-OH is 1. The number of carbonyl (C=O) groups excluding carboxylic acids is 2. The largest absolute Gasteiger partial charge is 0.507 e. The summed E-state index contributed by atoms with van der Waals surface area (Å²) in [5.74, 6) is -1.45. The number of rotatable bonds is 8. The van der Waals surface area contributed by atoms with Crippen LogP contribution >= 0.6 is 0 Å². The Balaban J connectivity index is 2.14. The molecule has 0 bridgehead atoms. The molecular formula is C24H27NO6. The van der Waals surface area contributed by atoms with E-state index in [9.17, 15) is 19.8 Å². The Bertz CT molecular complexity index is 996. The first kappa shape index (κ1) is 22.4. The van der Waals surface area contributed by atoms with Gasteiger partial charge in [0.1, 0.15) is 5.76 Å². The number of aryl methyl sites for hydroxylation is 1. The van der Waals surface area contributed by atoms with E-state index < -0.39 is 17.7 Å². The number of benzene rings is 2. The van der Waals surface area contributed by atoms with Crippen molar-refractivity contribution in [2.45, 2.75) is 26.3 Å². The maximum atomic E-state index is 13.0. The van der Waals surface area contributed by atoms with E-state index in [1.54, 1.807) is 38.3 Å². The SMILES string of the molecule is CCOc1cc(C2/C(=C(/O)c3ccc(C)cc3)C(=O)C(=O)N2CCCOC)ccc1O. The van der Waals surface area contributed by atoms with Crippen molar-refractivity contribution in [1.82, 2.24) is 4.90 Å². The van der Waals surface area contributed by atoms with Crippen molar-refractivity contribution >= 4 is 17.4 Å². The molecule has 1 fully saturated rings. The lowest BCUT2D eigenvalue weighted by Gasteiger charge is -2.25. The van der Waals surface area contributed by atoms with Crippen LogP contribution in [-0.4, -0.2) is 53.7 Å². The summed E-state index contributed by atoms with van der Waals surface area (Å²) in [6, 6.07) is 10.9. The molecule has 2 aromatic rings. The lowest BCUT2D eigenvalue weighted by molar-refractivity contribution is -0.140. The van der Waals surface area contributed by atoms with E-state index in [2.05, 4.69) is 0 Å². The predicted octanol–water partition coefficient (Wildman–Crippen LogP) is 3.56. The molecule has 1 aliphatic rings. The Kier molecular flexibility index (Phi) is 6.97. The number of aliphatic hydroxyl groups is 1. The fourth-order valence-electron chi connectivity index (χ4n) is 3.68. The van der Waals surface area contributed by atoms with Crippen LogP contribution < -0.4 is 4.74 Å². The minimum atomic E-state index is -0.807. The summed E-state index contributed by atoms with van der Waals surface area (Å²) in [6.07, 6.45) is 0.529. The maximum Gasteiger partial charge on any atom is 0.295 e. The Morgan fingerprint density at radius 2 is 1.84 bits per heavy atom. The van der Waals surface area contributed by atoms with Gasteiger partial charge in [-0.2, -0.15) is 0 Å². The first-order valence-electron chi connectivity index (χ1n) is 10.2. The number of ether oxygens (including phenoxy) is 2. The molecule has 3 rings (SSSR count). The van der Waals surface area contributed by atoms with Crippen molar-refractivity contribution in [1.29, 1.82) is 0 Å². The number of amides is 1. The molecular weight excluding hydrogens is 398 g/mol. The minimum absolute atomic E-state index is 0.0133. The molecule has 1 atom stereocenters. The quantitative estimate of drug-likeness (QED) is 0.291. The molecule has 31 heavy (non-hydrogen) atoms. The van der Waals surface area contributed by atoms with Gasteiger partial charge >= 0.3 is 0 Å². The first-order chi connectivity index (χ1) is 14.9. The molecule has 0 aliphatic carbocycles. The summed E-state index contributed by atoms with van der Waals surface area (Å²) in [7, 11) is 1.57. The number of nitrogens with zero attached hydrogens (tertiary/aromatic N) is 1. The number of Topliss-reactive ketones (excluding diaryl/α,β-unsaturated/α-hetero) is 1. The van der Waals surface area contributed by atoms with E-state index in [1.807, 2.05) is 19.1 Å². The fraction of sp³-hybridized carbons (Fsp3) is 0.333. The Morgan fingerprint density at radius 3 is 2.48 bits per heavy atom. The third kappa shape index (κ3) is 4.56. The highest BCUT2D eigenvalue weighted by Gasteiger charge is 2.46. The summed E-state index contributed by atoms with van der Waals surface area (Å²) in [4.78, 5) is 27.3. The maximum absolute atomic E-state index is 13.0. The average molecular weight is 425 g/mol. The van der Waals surface area contributed by atoms with Crippen LogP contribution in [0, 0.1) is 6.92 Å². The van der Waals surface area contributed by atoms with Gasteiger partial charge in [-0.05, 0) is 38.0 Å². The Hall–Kier alpha value is -3.32. The van der Waals surface area contributed by atoms with Crippen molar-refractivity contribution in [2.24, 2.45) is 0 Å². The van der Waals surface area contributed by atoms with Gasteiger partial charge in [0.05, 0.1) is 18.2 Å². The highest BCUT2D eigenvalue weighted by molar-refractivity contribution is 6.46. The minimum Gasteiger partial charge on any atom is -0.507 e. The highest BCUT2D eigenvalue weighted by atomic mass is 16.5. The molecule has 164 valence electrons. The lowest BCUT2D eigenvalue weighted by Crippen LogP contribution is -2.31. The molecule has 7 nitrogen and oxygen atoms in total. The van der Waals surface area contributed by atoms with E-state index in [1.165, 1.54) is 11.0 Å². The summed E-state index contributed by atoms with van der Waals surface area (Å²) < 4.78 is 10.6. The molecule has 2 N–H and O–H groups in total. The van der Waals surface area contributed by atoms with Gasteiger partial charge in [0.15, 0.2) is 11.5 Å². The van der Waals surface area contributed by atoms with Gasteiger partial charge < -0.3 is 24.6 Å². The smallest absolute Gasteiger partial charge is 0.295 e. The zero-order valence-corrected chi connectivity index (χ0v) is 17.9. The highest BCUT2D eigenvalue weighted by Crippen LogP contribution is 2.41. The van der Waals surface area contributed by atoms with Crippen molar-refractivity contribution in [3.8, 4) is 11.5 Å². The molecule has 1 amide bonds. The second-order valence-corrected chi connectivity index (χ2v) is 7.37. The van der Waals surface area contributed by atoms with Crippen molar-refractivity contribution in [2.75, 3.05) is 26.9 Å². The van der Waals surface area contributed by atoms with Gasteiger partial charge in [-0.3, -0.25) is 9.59 Å². The van der Waals surface area contributed by atoms with Gasteiger partial charge in [0, 0.05) is 25.8 Å². The van der Waals surface area contributed by atoms with E-state index in [4.69, 9.17) is 9.47 Å². The van der Waals surface area contributed by atoms with Crippen LogP contribution in [0.1, 0.15) is 36.1 Å². The molecule has 1 heterocycles. The van der Waals surface area contributed by atoms with Crippen molar-refractivity contribution in [3.63, 3.8) is 0 Å². The monoisotopic (exact) mass is 425 g/mol. The van der Waals surface area contributed by atoms with Crippen molar-refractivity contribution in [3.05, 3.63) is 64.7 Å². The molecule has 1 aliphatic heterocycles. The van der Waals surface area contributed by atoms with Crippen molar-refractivity contribution < 1.29 is 29.3 Å². The second-order valence-electron chi connectivity index (χ2n) is 7.37. The molecule has 0 spiro atoms. The number of phenols is 1. The molecule has 0 radical (unpaired) electrons. The normalized spacial score (nSPS) is 17.9. The molecule has 0 aromatic heterocycles. The molecule has 1 unspecified atom stereocenters. The van der Waals surface area contributed by atoms with E-state index in [0.29, 0.717) is 30.8 Å². The second kappa shape index (κ2) is 9.66. The lowest BCUT2D eigenvalue weighted by atomic mass is 9.94. The number of likely N-dealkylation sites (tertiary alicyclic amines) is 1. The van der Waals surface area contributed by atoms with Crippen LogP contribution in [0.15, 0.2) is 48.0 Å². The number of ketones is 1. The van der Waals surface area contributed by atoms with Gasteiger partial charge in [-0.25, -0.2) is 0 Å². The van der Waals surface area contributed by atoms with Crippen LogP contribution in [0.3, 0.4) is 0 Å². The van der Waals surface area contributed by atoms with Crippen LogP contribution in [0.2, 0.25) is 0 Å². The fourth-order valence-corrected chi connectivity index (χ4v) is 3.68. The van der Waals surface area contributed by atoms with Crippen LogP contribution in [-0.2, 0) is 14.3 Å². The number of aromatic hydroxyl groups is 1. The number of carbonyl (C=O) groups is 2. The van der Waals surface area contributed by atoms with Crippen LogP contribution in [0.4, 0.5) is 0 Å². The van der Waals surface area contributed by atoms with E-state index in [-0.39, 0.29) is 29.4 Å². The van der Waals surface area contributed by atoms with E-state index in [0.717, 1.165) is 5.56 Å². The zero-order chi connectivity index (χ0) is 22.5. The third-order valence-corrected chi connectivity index (χ3v) is 5.21. The average Bonchev–Trinajstić information content (AvgIpc) is 3.01. The van der Waals surface area contributed by atoms with Crippen LogP contribution in [0.25, 0.3) is 5.76 Å². The number of methoxy groups -OCH3 is 1. The summed E-state index contributed by atoms with van der Waals surface area (Å²) in [5, 5.41) is 21.1. The summed E-state index contributed by atoms with van der Waals surface area (Å²) >= 11 is 0. The molecule has 0 saturated carbocycles. The standard InChI is InChI=1S/C24H27NO6/c1-4-31-19-14-17(10-11-18(19)26)21-20(22(27)16-8-6-15(2)7-9-16)23(28)24(29)25(21)12-5-13-30-3/h6-11,14,21,26-27H,4-5,12-13H2,1-3H3/b22-20-. The Morgan fingerprint density at radius 1 is 1.13 bits per heavy atom. The van der Waals surface area contributed by atoms with E-state index >= 15 is 0 Å². The zero-order valence-electron chi connectivity index (χ0n) is 17.9. The third-order valence-electron chi connectivity index (χ3n) is 5.21. The number of hydrogen-bond acceptors (Lipinski definition) is 6. The Labute approximate surface area is 181 Å². The van der Waals surface area contributed by atoms with Gasteiger partial charge in [-0.1, -0.05) is 35.9 Å². The number of phenolic OH excluding ortho intramolecular Hbond substituents is 1. The van der Waals surface area contributed by atoms with Gasteiger partial charge in [0.2, 0.25) is 0 Å².